The number of nitriles is 1. The molecule has 0 atom stereocenters. The molecule has 0 aromatic carbocycles. The van der Waals surface area contributed by atoms with Crippen LogP contribution in [0.4, 0.5) is 4.79 Å². The van der Waals surface area contributed by atoms with Crippen LogP contribution < -0.4 is 5.32 Å². The lowest BCUT2D eigenvalue weighted by molar-refractivity contribution is 0.175. The lowest BCUT2D eigenvalue weighted by atomic mass is 9.81. The van der Waals surface area contributed by atoms with E-state index in [0.29, 0.717) is 12.8 Å². The van der Waals surface area contributed by atoms with E-state index < -0.39 is 6.09 Å². The topological polar surface area (TPSA) is 73.1 Å². The molecule has 0 saturated heterocycles. The first-order valence-corrected chi connectivity index (χ1v) is 3.11. The van der Waals surface area contributed by atoms with E-state index in [-0.39, 0.29) is 12.0 Å². The van der Waals surface area contributed by atoms with Crippen LogP contribution >= 0.6 is 0 Å². The zero-order valence-corrected chi connectivity index (χ0v) is 5.37. The Balaban J connectivity index is 2.16. The molecule has 1 saturated carbocycles. The zero-order chi connectivity index (χ0) is 7.56. The molecule has 54 valence electrons. The molecule has 4 heteroatoms. The van der Waals surface area contributed by atoms with Gasteiger partial charge in [0.1, 0.15) is 0 Å². The van der Waals surface area contributed by atoms with Crippen LogP contribution in [-0.2, 0) is 0 Å². The van der Waals surface area contributed by atoms with Crippen LogP contribution in [0.5, 0.6) is 0 Å². The molecule has 1 amide bonds. The SMILES string of the molecule is N#C[C@H]1C[C@H](NC(=O)O)C1. The van der Waals surface area contributed by atoms with Crippen LogP contribution in [0.1, 0.15) is 12.8 Å². The molecule has 1 rings (SSSR count). The summed E-state index contributed by atoms with van der Waals surface area (Å²) >= 11 is 0. The quantitative estimate of drug-likeness (QED) is 0.558. The average Bonchev–Trinajstić information content (AvgIpc) is 1.76. The molecule has 0 bridgehead atoms. The molecular weight excluding hydrogens is 132 g/mol. The molecule has 0 radical (unpaired) electrons. The smallest absolute Gasteiger partial charge is 0.404 e. The molecule has 1 aliphatic rings. The molecular formula is C6H8N2O2. The van der Waals surface area contributed by atoms with Crippen LogP contribution in [0.3, 0.4) is 0 Å². The Labute approximate surface area is 58.5 Å². The standard InChI is InChI=1S/C6H8N2O2/c7-3-4-1-5(2-4)8-6(9)10/h4-5,8H,1-2H2,(H,9,10)/t4-,5-. The molecule has 0 aliphatic heterocycles. The summed E-state index contributed by atoms with van der Waals surface area (Å²) in [6.07, 6.45) is 0.340. The molecule has 0 spiro atoms. The predicted octanol–water partition coefficient (Wildman–Crippen LogP) is 0.556. The van der Waals surface area contributed by atoms with Crippen molar-refractivity contribution in [3.05, 3.63) is 0 Å². The fourth-order valence-electron chi connectivity index (χ4n) is 1.02. The van der Waals surface area contributed by atoms with Crippen molar-refractivity contribution in [3.8, 4) is 6.07 Å². The van der Waals surface area contributed by atoms with E-state index in [1.54, 1.807) is 0 Å². The summed E-state index contributed by atoms with van der Waals surface area (Å²) in [5.74, 6) is 0.0665. The van der Waals surface area contributed by atoms with Crippen LogP contribution in [0.15, 0.2) is 0 Å². The maximum absolute atomic E-state index is 10.0. The highest BCUT2D eigenvalue weighted by molar-refractivity contribution is 5.65. The number of hydrogen-bond acceptors (Lipinski definition) is 2. The molecule has 2 N–H and O–H groups in total. The fourth-order valence-corrected chi connectivity index (χ4v) is 1.02. The van der Waals surface area contributed by atoms with Gasteiger partial charge in [-0.25, -0.2) is 4.79 Å². The van der Waals surface area contributed by atoms with Crippen LogP contribution in [-0.4, -0.2) is 17.2 Å². The van der Waals surface area contributed by atoms with E-state index in [2.05, 4.69) is 11.4 Å². The first-order chi connectivity index (χ1) is 4.72. The number of nitrogens with zero attached hydrogens (tertiary/aromatic N) is 1. The first-order valence-electron chi connectivity index (χ1n) is 3.11. The number of nitrogens with one attached hydrogen (secondary N) is 1. The van der Waals surface area contributed by atoms with Crippen molar-refractivity contribution in [3.63, 3.8) is 0 Å². The highest BCUT2D eigenvalue weighted by Gasteiger charge is 2.29. The number of amides is 1. The molecule has 0 unspecified atom stereocenters. The third kappa shape index (κ3) is 1.38. The molecule has 0 heterocycles. The highest BCUT2D eigenvalue weighted by Crippen LogP contribution is 2.25. The second-order valence-corrected chi connectivity index (χ2v) is 2.44. The normalized spacial score (nSPS) is 29.9. The molecule has 0 aromatic heterocycles. The van der Waals surface area contributed by atoms with Crippen molar-refractivity contribution >= 4 is 6.09 Å². The van der Waals surface area contributed by atoms with Crippen molar-refractivity contribution < 1.29 is 9.90 Å². The Morgan fingerprint density at radius 3 is 2.70 bits per heavy atom. The highest BCUT2D eigenvalue weighted by atomic mass is 16.4. The van der Waals surface area contributed by atoms with Crippen molar-refractivity contribution in [1.82, 2.24) is 5.32 Å². The summed E-state index contributed by atoms with van der Waals surface area (Å²) in [4.78, 5) is 10.0. The maximum atomic E-state index is 10.0. The van der Waals surface area contributed by atoms with Gasteiger partial charge in [-0.15, -0.1) is 0 Å². The van der Waals surface area contributed by atoms with Crippen molar-refractivity contribution in [2.24, 2.45) is 5.92 Å². The van der Waals surface area contributed by atoms with Gasteiger partial charge in [-0.2, -0.15) is 5.26 Å². The number of carbonyl (C=O) groups is 1. The summed E-state index contributed by atoms with van der Waals surface area (Å²) in [5, 5.41) is 18.8. The fraction of sp³-hybridized carbons (Fsp3) is 0.667. The number of rotatable bonds is 1. The minimum Gasteiger partial charge on any atom is -0.465 e. The summed E-state index contributed by atoms with van der Waals surface area (Å²) < 4.78 is 0. The zero-order valence-electron chi connectivity index (χ0n) is 5.37. The van der Waals surface area contributed by atoms with E-state index in [1.165, 1.54) is 0 Å². The largest absolute Gasteiger partial charge is 0.465 e. The van der Waals surface area contributed by atoms with Crippen molar-refractivity contribution in [2.45, 2.75) is 18.9 Å². The van der Waals surface area contributed by atoms with E-state index in [4.69, 9.17) is 10.4 Å². The number of hydrogen-bond donors (Lipinski definition) is 2. The Morgan fingerprint density at radius 1 is 1.70 bits per heavy atom. The first kappa shape index (κ1) is 6.87. The molecule has 10 heavy (non-hydrogen) atoms. The van der Waals surface area contributed by atoms with Gasteiger partial charge in [0.05, 0.1) is 12.0 Å². The molecule has 0 aromatic rings. The van der Waals surface area contributed by atoms with Gasteiger partial charge >= 0.3 is 6.09 Å². The molecule has 1 fully saturated rings. The number of carboxylic acid groups (broad SMARTS) is 1. The Hall–Kier alpha value is -1.24. The van der Waals surface area contributed by atoms with Crippen LogP contribution in [0.25, 0.3) is 0 Å². The summed E-state index contributed by atoms with van der Waals surface area (Å²) in [6, 6.07) is 2.09. The third-order valence-electron chi connectivity index (χ3n) is 1.65. The molecule has 4 nitrogen and oxygen atoms in total. The van der Waals surface area contributed by atoms with Crippen molar-refractivity contribution in [2.75, 3.05) is 0 Å². The lowest BCUT2D eigenvalue weighted by Gasteiger charge is -2.29. The van der Waals surface area contributed by atoms with Crippen LogP contribution in [0.2, 0.25) is 0 Å². The van der Waals surface area contributed by atoms with Crippen LogP contribution in [0, 0.1) is 17.2 Å². The minimum atomic E-state index is -0.999. The Morgan fingerprint density at radius 2 is 2.30 bits per heavy atom. The Bertz CT molecular complexity index is 179. The second-order valence-electron chi connectivity index (χ2n) is 2.44. The van der Waals surface area contributed by atoms with Gasteiger partial charge in [0.25, 0.3) is 0 Å². The maximum Gasteiger partial charge on any atom is 0.404 e. The Kier molecular flexibility index (Phi) is 1.76. The summed E-state index contributed by atoms with van der Waals surface area (Å²) in [7, 11) is 0. The third-order valence-corrected chi connectivity index (χ3v) is 1.65. The van der Waals surface area contributed by atoms with E-state index in [0.717, 1.165) is 0 Å². The van der Waals surface area contributed by atoms with Crippen molar-refractivity contribution in [1.29, 1.82) is 5.26 Å². The monoisotopic (exact) mass is 140 g/mol. The van der Waals surface area contributed by atoms with E-state index >= 15 is 0 Å². The molecule has 1 aliphatic carbocycles. The van der Waals surface area contributed by atoms with E-state index in [1.807, 2.05) is 0 Å². The average molecular weight is 140 g/mol. The second kappa shape index (κ2) is 2.56. The van der Waals surface area contributed by atoms with Gasteiger partial charge in [-0.1, -0.05) is 0 Å². The van der Waals surface area contributed by atoms with Gasteiger partial charge in [0.2, 0.25) is 0 Å². The van der Waals surface area contributed by atoms with Gasteiger partial charge in [-0.3, -0.25) is 0 Å². The summed E-state index contributed by atoms with van der Waals surface area (Å²) in [5.41, 5.74) is 0. The van der Waals surface area contributed by atoms with Gasteiger partial charge < -0.3 is 10.4 Å². The summed E-state index contributed by atoms with van der Waals surface area (Å²) in [6.45, 7) is 0. The van der Waals surface area contributed by atoms with Gasteiger partial charge in [0.15, 0.2) is 0 Å². The van der Waals surface area contributed by atoms with Gasteiger partial charge in [-0.05, 0) is 12.8 Å². The van der Waals surface area contributed by atoms with E-state index in [9.17, 15) is 4.79 Å². The van der Waals surface area contributed by atoms with Gasteiger partial charge in [0, 0.05) is 6.04 Å². The lowest BCUT2D eigenvalue weighted by Crippen LogP contribution is -2.43. The minimum absolute atomic E-state index is 0.0159. The predicted molar refractivity (Wildman–Crippen MR) is 33.3 cm³/mol.